The van der Waals surface area contributed by atoms with Gasteiger partial charge in [-0.2, -0.15) is 0 Å². The zero-order valence-electron chi connectivity index (χ0n) is 12.3. The lowest BCUT2D eigenvalue weighted by Gasteiger charge is -2.25. The highest BCUT2D eigenvalue weighted by Gasteiger charge is 2.44. The molecule has 0 saturated carbocycles. The monoisotopic (exact) mass is 283 g/mol. The zero-order chi connectivity index (χ0) is 14.6. The van der Waals surface area contributed by atoms with Crippen LogP contribution in [0.25, 0.3) is 0 Å². The van der Waals surface area contributed by atoms with Crippen LogP contribution in [0.15, 0.2) is 0 Å². The van der Waals surface area contributed by atoms with E-state index in [1.54, 1.807) is 4.90 Å². The molecule has 2 rings (SSSR count). The summed E-state index contributed by atoms with van der Waals surface area (Å²) in [5.41, 5.74) is -0.725. The molecule has 0 spiro atoms. The summed E-state index contributed by atoms with van der Waals surface area (Å²) in [6, 6.07) is 0. The van der Waals surface area contributed by atoms with Crippen LogP contribution in [-0.4, -0.2) is 47.7 Å². The maximum atomic E-state index is 12.2. The zero-order valence-corrected chi connectivity index (χ0v) is 12.3. The van der Waals surface area contributed by atoms with Crippen molar-refractivity contribution < 1.29 is 19.4 Å². The first-order valence-electron chi connectivity index (χ1n) is 7.70. The molecule has 2 aliphatic heterocycles. The molecule has 0 radical (unpaired) electrons. The van der Waals surface area contributed by atoms with Gasteiger partial charge in [-0.3, -0.25) is 9.59 Å². The summed E-state index contributed by atoms with van der Waals surface area (Å²) in [7, 11) is 0. The fourth-order valence-electron chi connectivity index (χ4n) is 3.18. The molecule has 2 heterocycles. The van der Waals surface area contributed by atoms with Crippen LogP contribution in [0.4, 0.5) is 0 Å². The number of rotatable bonds is 5. The van der Waals surface area contributed by atoms with Gasteiger partial charge in [0.2, 0.25) is 5.91 Å². The van der Waals surface area contributed by atoms with E-state index in [9.17, 15) is 14.7 Å². The van der Waals surface area contributed by atoms with E-state index in [-0.39, 0.29) is 12.0 Å². The van der Waals surface area contributed by atoms with E-state index < -0.39 is 11.4 Å². The molecule has 0 bridgehead atoms. The SMILES string of the molecule is CCC1(C(=O)O)CCN(C(=O)CCC2CCCCO2)C1. The van der Waals surface area contributed by atoms with E-state index in [1.165, 1.54) is 6.42 Å². The van der Waals surface area contributed by atoms with E-state index in [2.05, 4.69) is 0 Å². The van der Waals surface area contributed by atoms with Crippen LogP contribution in [0, 0.1) is 5.41 Å². The molecular weight excluding hydrogens is 258 g/mol. The lowest BCUT2D eigenvalue weighted by Crippen LogP contribution is -2.36. The maximum absolute atomic E-state index is 12.2. The van der Waals surface area contributed by atoms with E-state index in [1.807, 2.05) is 6.92 Å². The van der Waals surface area contributed by atoms with Crippen molar-refractivity contribution in [2.45, 2.75) is 58.0 Å². The average molecular weight is 283 g/mol. The normalized spacial score (nSPS) is 30.4. The quantitative estimate of drug-likeness (QED) is 0.838. The molecule has 2 atom stereocenters. The highest BCUT2D eigenvalue weighted by atomic mass is 16.5. The molecule has 2 fully saturated rings. The number of ether oxygens (including phenoxy) is 1. The number of hydrogen-bond donors (Lipinski definition) is 1. The Morgan fingerprint density at radius 1 is 1.40 bits per heavy atom. The Labute approximate surface area is 120 Å². The van der Waals surface area contributed by atoms with Crippen molar-refractivity contribution in [3.05, 3.63) is 0 Å². The van der Waals surface area contributed by atoms with Crippen molar-refractivity contribution in [1.29, 1.82) is 0 Å². The summed E-state index contributed by atoms with van der Waals surface area (Å²) in [6.07, 6.45) is 5.95. The number of nitrogens with zero attached hydrogens (tertiary/aromatic N) is 1. The molecule has 1 N–H and O–H groups in total. The number of hydrogen-bond acceptors (Lipinski definition) is 3. The molecule has 2 unspecified atom stereocenters. The van der Waals surface area contributed by atoms with E-state index >= 15 is 0 Å². The Morgan fingerprint density at radius 3 is 2.75 bits per heavy atom. The number of carbonyl (C=O) groups excluding carboxylic acids is 1. The maximum Gasteiger partial charge on any atom is 0.311 e. The molecular formula is C15H25NO4. The van der Waals surface area contributed by atoms with Crippen molar-refractivity contribution in [3.63, 3.8) is 0 Å². The highest BCUT2D eigenvalue weighted by Crippen LogP contribution is 2.34. The van der Waals surface area contributed by atoms with Crippen LogP contribution >= 0.6 is 0 Å². The minimum atomic E-state index is -0.772. The van der Waals surface area contributed by atoms with E-state index in [4.69, 9.17) is 4.74 Å². The number of carboxylic acids is 1. The van der Waals surface area contributed by atoms with Gasteiger partial charge in [-0.25, -0.2) is 0 Å². The van der Waals surface area contributed by atoms with E-state index in [0.29, 0.717) is 32.4 Å². The average Bonchev–Trinajstić information content (AvgIpc) is 2.92. The standard InChI is InChI=1S/C15H25NO4/c1-2-15(14(18)19)8-9-16(11-15)13(17)7-6-12-5-3-4-10-20-12/h12H,2-11H2,1H3,(H,18,19). The Hall–Kier alpha value is -1.10. The Morgan fingerprint density at radius 2 is 2.20 bits per heavy atom. The third-order valence-corrected chi connectivity index (χ3v) is 4.79. The van der Waals surface area contributed by atoms with Crippen molar-refractivity contribution in [1.82, 2.24) is 4.90 Å². The third kappa shape index (κ3) is 3.32. The fourth-order valence-corrected chi connectivity index (χ4v) is 3.18. The first-order chi connectivity index (χ1) is 9.57. The summed E-state index contributed by atoms with van der Waals surface area (Å²) in [6.45, 7) is 3.63. The van der Waals surface area contributed by atoms with Gasteiger partial charge in [0.25, 0.3) is 0 Å². The number of amides is 1. The minimum absolute atomic E-state index is 0.0794. The molecule has 0 aromatic rings. The minimum Gasteiger partial charge on any atom is -0.481 e. The first kappa shape index (κ1) is 15.3. The van der Waals surface area contributed by atoms with Gasteiger partial charge in [-0.05, 0) is 38.5 Å². The second-order valence-electron chi connectivity index (χ2n) is 6.03. The van der Waals surface area contributed by atoms with Crippen LogP contribution in [-0.2, 0) is 14.3 Å². The van der Waals surface area contributed by atoms with Crippen LogP contribution in [0.3, 0.4) is 0 Å². The molecule has 2 aliphatic rings. The van der Waals surface area contributed by atoms with Crippen LogP contribution in [0.5, 0.6) is 0 Å². The molecule has 20 heavy (non-hydrogen) atoms. The van der Waals surface area contributed by atoms with Gasteiger partial charge in [0.15, 0.2) is 0 Å². The summed E-state index contributed by atoms with van der Waals surface area (Å²) in [5.74, 6) is -0.693. The predicted molar refractivity (Wildman–Crippen MR) is 74.4 cm³/mol. The Balaban J connectivity index is 1.80. The van der Waals surface area contributed by atoms with Crippen molar-refractivity contribution >= 4 is 11.9 Å². The van der Waals surface area contributed by atoms with Crippen molar-refractivity contribution in [2.75, 3.05) is 19.7 Å². The fraction of sp³-hybridized carbons (Fsp3) is 0.867. The van der Waals surface area contributed by atoms with Gasteiger partial charge in [0.05, 0.1) is 11.5 Å². The lowest BCUT2D eigenvalue weighted by atomic mass is 9.84. The molecule has 2 saturated heterocycles. The molecule has 0 aromatic heterocycles. The highest BCUT2D eigenvalue weighted by molar-refractivity contribution is 5.80. The van der Waals surface area contributed by atoms with E-state index in [0.717, 1.165) is 25.9 Å². The van der Waals surface area contributed by atoms with Gasteiger partial charge in [-0.15, -0.1) is 0 Å². The Kier molecular flexibility index (Phi) is 5.02. The molecule has 114 valence electrons. The van der Waals surface area contributed by atoms with Gasteiger partial charge in [-0.1, -0.05) is 6.92 Å². The van der Waals surface area contributed by atoms with Crippen molar-refractivity contribution in [2.24, 2.45) is 5.41 Å². The van der Waals surface area contributed by atoms with Gasteiger partial charge >= 0.3 is 5.97 Å². The lowest BCUT2D eigenvalue weighted by molar-refractivity contribution is -0.148. The Bertz CT molecular complexity index is 365. The second kappa shape index (κ2) is 6.57. The largest absolute Gasteiger partial charge is 0.481 e. The summed E-state index contributed by atoms with van der Waals surface area (Å²) < 4.78 is 5.63. The van der Waals surface area contributed by atoms with Crippen molar-refractivity contribution in [3.8, 4) is 0 Å². The smallest absolute Gasteiger partial charge is 0.311 e. The number of carboxylic acid groups (broad SMARTS) is 1. The third-order valence-electron chi connectivity index (χ3n) is 4.79. The number of carbonyl (C=O) groups is 2. The first-order valence-corrected chi connectivity index (χ1v) is 7.70. The van der Waals surface area contributed by atoms with Crippen LogP contribution in [0.1, 0.15) is 51.9 Å². The van der Waals surface area contributed by atoms with Crippen LogP contribution in [0.2, 0.25) is 0 Å². The van der Waals surface area contributed by atoms with Crippen LogP contribution < -0.4 is 0 Å². The van der Waals surface area contributed by atoms with Gasteiger partial charge in [0.1, 0.15) is 0 Å². The summed E-state index contributed by atoms with van der Waals surface area (Å²) >= 11 is 0. The molecule has 1 amide bonds. The second-order valence-corrected chi connectivity index (χ2v) is 6.03. The molecule has 5 nitrogen and oxygen atoms in total. The molecule has 0 aliphatic carbocycles. The summed E-state index contributed by atoms with van der Waals surface area (Å²) in [5, 5.41) is 9.34. The summed E-state index contributed by atoms with van der Waals surface area (Å²) in [4.78, 5) is 25.3. The topological polar surface area (TPSA) is 66.8 Å². The number of likely N-dealkylation sites (tertiary alicyclic amines) is 1. The predicted octanol–water partition coefficient (Wildman–Crippen LogP) is 2.05. The number of aliphatic carboxylic acids is 1. The van der Waals surface area contributed by atoms with Gasteiger partial charge < -0.3 is 14.7 Å². The molecule has 5 heteroatoms. The molecule has 0 aromatic carbocycles. The van der Waals surface area contributed by atoms with Gasteiger partial charge in [0, 0.05) is 26.1 Å².